The summed E-state index contributed by atoms with van der Waals surface area (Å²) in [6.07, 6.45) is 1.51. The average molecular weight is 205 g/mol. The number of hydrogen-bond donors (Lipinski definition) is 2. The lowest BCUT2D eigenvalue weighted by molar-refractivity contribution is 0.0683. The second kappa shape index (κ2) is 3.09. The molecule has 1 amide bonds. The number of primary amides is 1. The number of hydrogen-bond acceptors (Lipinski definition) is 3. The summed E-state index contributed by atoms with van der Waals surface area (Å²) in [5.74, 6) is -2.17. The minimum absolute atomic E-state index is 0.0343. The summed E-state index contributed by atoms with van der Waals surface area (Å²) in [4.78, 5) is 25.5. The zero-order valence-electron chi connectivity index (χ0n) is 7.54. The number of aromatic carboxylic acids is 1. The van der Waals surface area contributed by atoms with Gasteiger partial charge in [0.25, 0.3) is 5.91 Å². The summed E-state index contributed by atoms with van der Waals surface area (Å²) in [7, 11) is 0. The molecule has 2 rings (SSSR count). The zero-order valence-corrected chi connectivity index (χ0v) is 7.54. The van der Waals surface area contributed by atoms with Crippen molar-refractivity contribution in [2.45, 2.75) is 0 Å². The van der Waals surface area contributed by atoms with Crippen molar-refractivity contribution in [3.8, 4) is 0 Å². The molecule has 0 unspecified atom stereocenters. The topological polar surface area (TPSA) is 97.7 Å². The van der Waals surface area contributed by atoms with E-state index < -0.39 is 11.9 Å². The molecule has 0 aliphatic carbocycles. The maximum Gasteiger partial charge on any atom is 0.372 e. The van der Waals surface area contributed by atoms with Crippen molar-refractivity contribution in [2.24, 2.45) is 5.73 Å². The molecule has 0 spiro atoms. The summed E-state index contributed by atoms with van der Waals surface area (Å²) in [5.41, 5.74) is 5.44. The molecule has 0 aliphatic heterocycles. The molecule has 0 atom stereocenters. The zero-order chi connectivity index (χ0) is 11.0. The highest BCUT2D eigenvalue weighted by atomic mass is 16.4. The van der Waals surface area contributed by atoms with Gasteiger partial charge in [-0.1, -0.05) is 6.07 Å². The largest absolute Gasteiger partial charge is 0.475 e. The third-order valence-electron chi connectivity index (χ3n) is 1.97. The van der Waals surface area contributed by atoms with E-state index in [0.717, 1.165) is 0 Å². The lowest BCUT2D eigenvalue weighted by Gasteiger charge is -1.94. The van der Waals surface area contributed by atoms with Crippen LogP contribution in [0.2, 0.25) is 0 Å². The first-order chi connectivity index (χ1) is 7.11. The Morgan fingerprint density at radius 2 is 2.13 bits per heavy atom. The fraction of sp³-hybridized carbons (Fsp3) is 0. The van der Waals surface area contributed by atoms with Crippen LogP contribution in [0.15, 0.2) is 24.4 Å². The van der Waals surface area contributed by atoms with Gasteiger partial charge < -0.3 is 10.8 Å². The molecule has 0 aliphatic rings. The first-order valence-corrected chi connectivity index (χ1v) is 4.11. The number of aromatic nitrogens is 2. The fourth-order valence-corrected chi connectivity index (χ4v) is 1.37. The van der Waals surface area contributed by atoms with E-state index in [1.54, 1.807) is 18.2 Å². The van der Waals surface area contributed by atoms with Gasteiger partial charge in [-0.3, -0.25) is 9.20 Å². The Morgan fingerprint density at radius 1 is 1.40 bits per heavy atom. The van der Waals surface area contributed by atoms with E-state index in [0.29, 0.717) is 5.52 Å². The maximum atomic E-state index is 11.0. The normalized spacial score (nSPS) is 10.4. The molecule has 2 aromatic heterocycles. The minimum Gasteiger partial charge on any atom is -0.475 e. The Morgan fingerprint density at radius 3 is 2.73 bits per heavy atom. The number of fused-ring (bicyclic) bond motifs is 1. The van der Waals surface area contributed by atoms with Gasteiger partial charge in [0, 0.05) is 6.20 Å². The summed E-state index contributed by atoms with van der Waals surface area (Å²) in [6, 6.07) is 4.90. The van der Waals surface area contributed by atoms with Crippen molar-refractivity contribution in [1.82, 2.24) is 9.38 Å². The number of carbonyl (C=O) groups is 2. The van der Waals surface area contributed by atoms with Crippen LogP contribution in [0.25, 0.3) is 5.52 Å². The van der Waals surface area contributed by atoms with Gasteiger partial charge >= 0.3 is 5.97 Å². The minimum atomic E-state index is -1.20. The van der Waals surface area contributed by atoms with Gasteiger partial charge in [0.1, 0.15) is 0 Å². The number of amides is 1. The lowest BCUT2D eigenvalue weighted by atomic mass is 10.3. The first kappa shape index (κ1) is 9.20. The molecule has 2 aromatic rings. The van der Waals surface area contributed by atoms with Gasteiger partial charge in [0.15, 0.2) is 5.69 Å². The van der Waals surface area contributed by atoms with Crippen LogP contribution in [0.1, 0.15) is 21.1 Å². The summed E-state index contributed by atoms with van der Waals surface area (Å²) < 4.78 is 1.31. The number of imidazole rings is 1. The van der Waals surface area contributed by atoms with Crippen LogP contribution in [-0.4, -0.2) is 26.4 Å². The van der Waals surface area contributed by atoms with E-state index in [2.05, 4.69) is 4.98 Å². The molecule has 2 heterocycles. The Bertz CT molecular complexity index is 511. The highest BCUT2D eigenvalue weighted by molar-refractivity contribution is 6.00. The number of pyridine rings is 1. The monoisotopic (exact) mass is 205 g/mol. The number of nitrogens with zero attached hydrogens (tertiary/aromatic N) is 2. The Labute approximate surface area is 84.0 Å². The van der Waals surface area contributed by atoms with Crippen molar-refractivity contribution in [3.05, 3.63) is 35.9 Å². The fourth-order valence-electron chi connectivity index (χ4n) is 1.37. The SMILES string of the molecule is NC(=O)c1nc(C(=O)O)n2ccccc12. The van der Waals surface area contributed by atoms with Gasteiger partial charge in [-0.15, -0.1) is 0 Å². The molecule has 76 valence electrons. The third-order valence-corrected chi connectivity index (χ3v) is 1.97. The predicted octanol–water partition coefficient (Wildman–Crippen LogP) is 0.131. The third kappa shape index (κ3) is 1.32. The van der Waals surface area contributed by atoms with Crippen LogP contribution >= 0.6 is 0 Å². The molecule has 6 heteroatoms. The standard InChI is InChI=1S/C9H7N3O3/c10-7(13)6-5-3-1-2-4-12(5)8(11-6)9(14)15/h1-4H,(H2,10,13)(H,14,15). The average Bonchev–Trinajstić information content (AvgIpc) is 2.56. The van der Waals surface area contributed by atoms with Crippen molar-refractivity contribution in [1.29, 1.82) is 0 Å². The molecule has 0 fully saturated rings. The van der Waals surface area contributed by atoms with Gasteiger partial charge in [-0.2, -0.15) is 0 Å². The van der Waals surface area contributed by atoms with Crippen molar-refractivity contribution < 1.29 is 14.7 Å². The van der Waals surface area contributed by atoms with Crippen LogP contribution < -0.4 is 5.73 Å². The van der Waals surface area contributed by atoms with Gasteiger partial charge in [0.2, 0.25) is 5.82 Å². The highest BCUT2D eigenvalue weighted by Gasteiger charge is 2.18. The molecule has 0 bridgehead atoms. The van der Waals surface area contributed by atoms with E-state index in [9.17, 15) is 9.59 Å². The first-order valence-electron chi connectivity index (χ1n) is 4.11. The number of rotatable bonds is 2. The second-order valence-corrected chi connectivity index (χ2v) is 2.91. The van der Waals surface area contributed by atoms with E-state index in [4.69, 9.17) is 10.8 Å². The molecular formula is C9H7N3O3. The van der Waals surface area contributed by atoms with Crippen molar-refractivity contribution in [2.75, 3.05) is 0 Å². The second-order valence-electron chi connectivity index (χ2n) is 2.91. The molecule has 6 nitrogen and oxygen atoms in total. The highest BCUT2D eigenvalue weighted by Crippen LogP contribution is 2.12. The van der Waals surface area contributed by atoms with Crippen molar-refractivity contribution >= 4 is 17.4 Å². The summed E-state index contributed by atoms with van der Waals surface area (Å²) >= 11 is 0. The van der Waals surface area contributed by atoms with E-state index in [-0.39, 0.29) is 11.5 Å². The summed E-state index contributed by atoms with van der Waals surface area (Å²) in [6.45, 7) is 0. The Kier molecular flexibility index (Phi) is 1.89. The quantitative estimate of drug-likeness (QED) is 0.728. The van der Waals surface area contributed by atoms with Crippen LogP contribution in [-0.2, 0) is 0 Å². The van der Waals surface area contributed by atoms with Crippen molar-refractivity contribution in [3.63, 3.8) is 0 Å². The molecule has 3 N–H and O–H groups in total. The van der Waals surface area contributed by atoms with Gasteiger partial charge in [-0.05, 0) is 12.1 Å². The van der Waals surface area contributed by atoms with E-state index in [1.807, 2.05) is 0 Å². The van der Waals surface area contributed by atoms with Crippen LogP contribution in [0.4, 0.5) is 0 Å². The smallest absolute Gasteiger partial charge is 0.372 e. The van der Waals surface area contributed by atoms with Crippen LogP contribution in [0, 0.1) is 0 Å². The number of nitrogens with two attached hydrogens (primary N) is 1. The predicted molar refractivity (Wildman–Crippen MR) is 50.7 cm³/mol. The van der Waals surface area contributed by atoms with E-state index in [1.165, 1.54) is 10.6 Å². The van der Waals surface area contributed by atoms with E-state index >= 15 is 0 Å². The molecule has 15 heavy (non-hydrogen) atoms. The van der Waals surface area contributed by atoms with Gasteiger partial charge in [0.05, 0.1) is 5.52 Å². The molecule has 0 aromatic carbocycles. The Balaban J connectivity index is 2.85. The maximum absolute atomic E-state index is 11.0. The van der Waals surface area contributed by atoms with Gasteiger partial charge in [-0.25, -0.2) is 9.78 Å². The van der Waals surface area contributed by atoms with Crippen LogP contribution in [0.5, 0.6) is 0 Å². The summed E-state index contributed by atoms with van der Waals surface area (Å²) in [5, 5.41) is 8.84. The molecular weight excluding hydrogens is 198 g/mol. The molecule has 0 saturated heterocycles. The number of carboxylic acids is 1. The van der Waals surface area contributed by atoms with Crippen LogP contribution in [0.3, 0.4) is 0 Å². The number of carbonyl (C=O) groups excluding carboxylic acids is 1. The molecule has 0 radical (unpaired) electrons. The lowest BCUT2D eigenvalue weighted by Crippen LogP contribution is -2.12. The Hall–Kier alpha value is -2.37. The number of carboxylic acid groups (broad SMARTS) is 1. The molecule has 0 saturated carbocycles.